The summed E-state index contributed by atoms with van der Waals surface area (Å²) in [4.78, 5) is 0. The second-order valence-corrected chi connectivity index (χ2v) is 4.81. The summed E-state index contributed by atoms with van der Waals surface area (Å²) >= 11 is 0. The van der Waals surface area contributed by atoms with Gasteiger partial charge in [-0.1, -0.05) is 54.6 Å². The molecule has 0 N–H and O–H groups in total. The van der Waals surface area contributed by atoms with Crippen LogP contribution in [0.25, 0.3) is 33.7 Å². The largest absolute Gasteiger partial charge is 0.416 e. The van der Waals surface area contributed by atoms with E-state index < -0.39 is 0 Å². The smallest absolute Gasteiger partial charge is 0.248 e. The van der Waals surface area contributed by atoms with Crippen LogP contribution in [-0.2, 0) is 0 Å². The Morgan fingerprint density at radius 3 is 2.24 bits per heavy atom. The zero-order valence-corrected chi connectivity index (χ0v) is 11.2. The summed E-state index contributed by atoms with van der Waals surface area (Å²) in [7, 11) is 0. The van der Waals surface area contributed by atoms with Crippen LogP contribution in [0.15, 0.2) is 77.2 Å². The van der Waals surface area contributed by atoms with Crippen molar-refractivity contribution in [2.45, 2.75) is 0 Å². The van der Waals surface area contributed by atoms with Gasteiger partial charge >= 0.3 is 0 Å². The first kappa shape index (κ1) is 11.9. The molecule has 0 atom stereocenters. The fourth-order valence-electron chi connectivity index (χ4n) is 2.44. The zero-order valence-electron chi connectivity index (χ0n) is 11.2. The number of hydrogen-bond acceptors (Lipinski definition) is 3. The average Bonchev–Trinajstić information content (AvgIpc) is 3.05. The number of hydrogen-bond donors (Lipinski definition) is 0. The highest BCUT2D eigenvalue weighted by atomic mass is 16.4. The number of benzene rings is 3. The Balaban J connectivity index is 1.85. The monoisotopic (exact) mass is 272 g/mol. The fraction of sp³-hybridized carbons (Fsp3) is 0. The maximum Gasteiger partial charge on any atom is 0.248 e. The molecule has 0 saturated carbocycles. The molecule has 0 aliphatic heterocycles. The number of rotatable bonds is 2. The van der Waals surface area contributed by atoms with Crippen LogP contribution in [0.1, 0.15) is 0 Å². The molecule has 0 aliphatic carbocycles. The van der Waals surface area contributed by atoms with Gasteiger partial charge in [0.15, 0.2) is 0 Å². The summed E-state index contributed by atoms with van der Waals surface area (Å²) in [5, 5.41) is 10.6. The van der Waals surface area contributed by atoms with Crippen LogP contribution >= 0.6 is 0 Å². The Labute approximate surface area is 121 Å². The van der Waals surface area contributed by atoms with Gasteiger partial charge in [-0.25, -0.2) is 0 Å². The molecule has 0 unspecified atom stereocenters. The van der Waals surface area contributed by atoms with Gasteiger partial charge in [0.25, 0.3) is 0 Å². The molecule has 0 radical (unpaired) electrons. The van der Waals surface area contributed by atoms with Gasteiger partial charge in [0.05, 0.1) is 0 Å². The summed E-state index contributed by atoms with van der Waals surface area (Å²) in [5.74, 6) is 1.09. The van der Waals surface area contributed by atoms with Gasteiger partial charge in [-0.05, 0) is 29.0 Å². The van der Waals surface area contributed by atoms with E-state index in [2.05, 4.69) is 28.4 Å². The van der Waals surface area contributed by atoms with Crippen LogP contribution < -0.4 is 0 Å². The lowest BCUT2D eigenvalue weighted by molar-refractivity contribution is 0.585. The van der Waals surface area contributed by atoms with Crippen LogP contribution in [0.5, 0.6) is 0 Å². The Hall–Kier alpha value is -2.94. The highest BCUT2D eigenvalue weighted by Gasteiger charge is 2.12. The quantitative estimate of drug-likeness (QED) is 0.537. The molecule has 1 heterocycles. The highest BCUT2D eigenvalue weighted by Crippen LogP contribution is 2.29. The first-order valence-electron chi connectivity index (χ1n) is 6.79. The Kier molecular flexibility index (Phi) is 2.75. The molecule has 100 valence electrons. The molecule has 1 aromatic heterocycles. The maximum absolute atomic E-state index is 5.84. The normalized spacial score (nSPS) is 10.9. The summed E-state index contributed by atoms with van der Waals surface area (Å²) in [5.41, 5.74) is 1.89. The third-order valence-electron chi connectivity index (χ3n) is 3.47. The van der Waals surface area contributed by atoms with Crippen molar-refractivity contribution < 1.29 is 4.42 Å². The van der Waals surface area contributed by atoms with Crippen molar-refractivity contribution in [3.8, 4) is 22.9 Å². The lowest BCUT2D eigenvalue weighted by Gasteiger charge is -2.01. The lowest BCUT2D eigenvalue weighted by Crippen LogP contribution is -1.80. The van der Waals surface area contributed by atoms with Crippen molar-refractivity contribution in [3.05, 3.63) is 72.8 Å². The predicted octanol–water partition coefficient (Wildman–Crippen LogP) is 4.56. The molecule has 0 saturated heterocycles. The van der Waals surface area contributed by atoms with Crippen LogP contribution in [0.4, 0.5) is 0 Å². The lowest BCUT2D eigenvalue weighted by atomic mass is 10.0. The summed E-state index contributed by atoms with van der Waals surface area (Å²) in [6.45, 7) is 0. The SMILES string of the molecule is c1ccc(-c2nnc(-c3cccc4ccccc34)o2)cc1. The molecule has 0 fully saturated rings. The van der Waals surface area contributed by atoms with E-state index in [-0.39, 0.29) is 0 Å². The van der Waals surface area contributed by atoms with E-state index in [1.807, 2.05) is 54.6 Å². The molecule has 3 aromatic carbocycles. The number of aromatic nitrogens is 2. The fourth-order valence-corrected chi connectivity index (χ4v) is 2.44. The maximum atomic E-state index is 5.84. The summed E-state index contributed by atoms with van der Waals surface area (Å²) in [6.07, 6.45) is 0. The van der Waals surface area contributed by atoms with E-state index in [1.54, 1.807) is 0 Å². The zero-order chi connectivity index (χ0) is 14.1. The molecule has 4 aromatic rings. The van der Waals surface area contributed by atoms with Crippen molar-refractivity contribution in [3.63, 3.8) is 0 Å². The Morgan fingerprint density at radius 2 is 1.33 bits per heavy atom. The molecule has 3 heteroatoms. The molecule has 0 bridgehead atoms. The Morgan fingerprint density at radius 1 is 0.619 bits per heavy atom. The number of fused-ring (bicyclic) bond motifs is 1. The topological polar surface area (TPSA) is 38.9 Å². The number of nitrogens with zero attached hydrogens (tertiary/aromatic N) is 2. The van der Waals surface area contributed by atoms with Gasteiger partial charge in [-0.15, -0.1) is 10.2 Å². The minimum atomic E-state index is 0.540. The van der Waals surface area contributed by atoms with E-state index in [1.165, 1.54) is 0 Å². The molecular weight excluding hydrogens is 260 g/mol. The van der Waals surface area contributed by atoms with E-state index in [0.29, 0.717) is 11.8 Å². The van der Waals surface area contributed by atoms with Gasteiger partial charge in [-0.2, -0.15) is 0 Å². The van der Waals surface area contributed by atoms with E-state index in [9.17, 15) is 0 Å². The molecule has 0 spiro atoms. The predicted molar refractivity (Wildman–Crippen MR) is 82.7 cm³/mol. The molecule has 0 amide bonds. The molecule has 3 nitrogen and oxygen atoms in total. The molecule has 4 rings (SSSR count). The minimum absolute atomic E-state index is 0.540. The van der Waals surface area contributed by atoms with Crippen molar-refractivity contribution in [2.75, 3.05) is 0 Å². The van der Waals surface area contributed by atoms with Crippen molar-refractivity contribution in [2.24, 2.45) is 0 Å². The van der Waals surface area contributed by atoms with E-state index in [0.717, 1.165) is 21.9 Å². The van der Waals surface area contributed by atoms with Crippen LogP contribution in [0.3, 0.4) is 0 Å². The van der Waals surface area contributed by atoms with Gasteiger partial charge < -0.3 is 4.42 Å². The second kappa shape index (κ2) is 4.87. The van der Waals surface area contributed by atoms with Gasteiger partial charge in [0.1, 0.15) is 0 Å². The molecule has 0 aliphatic rings. The van der Waals surface area contributed by atoms with Crippen LogP contribution in [0, 0.1) is 0 Å². The van der Waals surface area contributed by atoms with Crippen LogP contribution in [-0.4, -0.2) is 10.2 Å². The second-order valence-electron chi connectivity index (χ2n) is 4.81. The van der Waals surface area contributed by atoms with E-state index >= 15 is 0 Å². The first-order valence-corrected chi connectivity index (χ1v) is 6.79. The van der Waals surface area contributed by atoms with Gasteiger partial charge in [0.2, 0.25) is 11.8 Å². The van der Waals surface area contributed by atoms with Crippen molar-refractivity contribution >= 4 is 10.8 Å². The third kappa shape index (κ3) is 2.09. The first-order chi connectivity index (χ1) is 10.4. The summed E-state index contributed by atoms with van der Waals surface area (Å²) in [6, 6.07) is 24.1. The highest BCUT2D eigenvalue weighted by molar-refractivity contribution is 5.94. The van der Waals surface area contributed by atoms with Gasteiger partial charge in [0, 0.05) is 11.1 Å². The third-order valence-corrected chi connectivity index (χ3v) is 3.47. The Bertz CT molecular complexity index is 892. The standard InChI is InChI=1S/C18H12N2O/c1-2-8-14(9-3-1)17-19-20-18(21-17)16-12-6-10-13-7-4-5-11-15(13)16/h1-12H. The van der Waals surface area contributed by atoms with Crippen molar-refractivity contribution in [1.82, 2.24) is 10.2 Å². The summed E-state index contributed by atoms with van der Waals surface area (Å²) < 4.78 is 5.84. The van der Waals surface area contributed by atoms with Gasteiger partial charge in [-0.3, -0.25) is 0 Å². The van der Waals surface area contributed by atoms with Crippen LogP contribution in [0.2, 0.25) is 0 Å². The van der Waals surface area contributed by atoms with E-state index in [4.69, 9.17) is 4.42 Å². The molecule has 21 heavy (non-hydrogen) atoms. The average molecular weight is 272 g/mol. The minimum Gasteiger partial charge on any atom is -0.416 e. The van der Waals surface area contributed by atoms with Crippen molar-refractivity contribution in [1.29, 1.82) is 0 Å². The molecular formula is C18H12N2O.